The summed E-state index contributed by atoms with van der Waals surface area (Å²) in [6.45, 7) is 5.56. The predicted octanol–water partition coefficient (Wildman–Crippen LogP) is 0.988. The summed E-state index contributed by atoms with van der Waals surface area (Å²) >= 11 is 0. The SMILES string of the molecule is C[C@@H](N)CCC(C)(C)OC(N)=O. The van der Waals surface area contributed by atoms with Crippen molar-refractivity contribution in [2.24, 2.45) is 11.5 Å². The van der Waals surface area contributed by atoms with Crippen molar-refractivity contribution >= 4 is 6.09 Å². The lowest BCUT2D eigenvalue weighted by atomic mass is 10.00. The molecule has 1 amide bonds. The quantitative estimate of drug-likeness (QED) is 0.667. The molecule has 0 aliphatic carbocycles. The van der Waals surface area contributed by atoms with E-state index >= 15 is 0 Å². The molecule has 0 aromatic carbocycles. The highest BCUT2D eigenvalue weighted by Crippen LogP contribution is 2.17. The monoisotopic (exact) mass is 174 g/mol. The van der Waals surface area contributed by atoms with Crippen LogP contribution in [0, 0.1) is 0 Å². The summed E-state index contributed by atoms with van der Waals surface area (Å²) < 4.78 is 4.87. The summed E-state index contributed by atoms with van der Waals surface area (Å²) in [5, 5.41) is 0. The van der Waals surface area contributed by atoms with Crippen LogP contribution in [0.1, 0.15) is 33.6 Å². The Morgan fingerprint density at radius 2 is 2.08 bits per heavy atom. The van der Waals surface area contributed by atoms with Gasteiger partial charge in [-0.15, -0.1) is 0 Å². The first-order chi connectivity index (χ1) is 5.33. The van der Waals surface area contributed by atoms with Crippen molar-refractivity contribution in [3.8, 4) is 0 Å². The molecule has 4 nitrogen and oxygen atoms in total. The van der Waals surface area contributed by atoms with E-state index in [9.17, 15) is 4.79 Å². The van der Waals surface area contributed by atoms with E-state index in [1.54, 1.807) is 0 Å². The number of carbonyl (C=O) groups is 1. The van der Waals surface area contributed by atoms with E-state index in [1.807, 2.05) is 20.8 Å². The van der Waals surface area contributed by atoms with E-state index in [0.29, 0.717) is 0 Å². The van der Waals surface area contributed by atoms with Crippen molar-refractivity contribution in [1.29, 1.82) is 0 Å². The van der Waals surface area contributed by atoms with Crippen LogP contribution in [0.3, 0.4) is 0 Å². The first-order valence-corrected chi connectivity index (χ1v) is 4.07. The average Bonchev–Trinajstić information content (AvgIpc) is 1.81. The number of rotatable bonds is 4. The van der Waals surface area contributed by atoms with Crippen molar-refractivity contribution in [1.82, 2.24) is 0 Å². The standard InChI is InChI=1S/C8H18N2O2/c1-6(9)4-5-8(2,3)12-7(10)11/h6H,4-5,9H2,1-3H3,(H2,10,11)/t6-/m1/s1. The molecule has 0 bridgehead atoms. The van der Waals surface area contributed by atoms with E-state index in [0.717, 1.165) is 12.8 Å². The highest BCUT2D eigenvalue weighted by molar-refractivity contribution is 5.65. The van der Waals surface area contributed by atoms with Crippen LogP contribution < -0.4 is 11.5 Å². The molecule has 4 heteroatoms. The first kappa shape index (κ1) is 11.2. The largest absolute Gasteiger partial charge is 0.444 e. The first-order valence-electron chi connectivity index (χ1n) is 4.07. The van der Waals surface area contributed by atoms with Crippen LogP contribution in [0.15, 0.2) is 0 Å². The zero-order chi connectivity index (χ0) is 9.78. The van der Waals surface area contributed by atoms with Crippen molar-refractivity contribution in [3.05, 3.63) is 0 Å². The number of hydrogen-bond acceptors (Lipinski definition) is 3. The van der Waals surface area contributed by atoms with Crippen molar-refractivity contribution < 1.29 is 9.53 Å². The second-order valence-corrected chi connectivity index (χ2v) is 3.70. The molecule has 0 aliphatic rings. The molecule has 4 N–H and O–H groups in total. The molecule has 0 radical (unpaired) electrons. The van der Waals surface area contributed by atoms with Crippen LogP contribution in [0.25, 0.3) is 0 Å². The number of hydrogen-bond donors (Lipinski definition) is 2. The fraction of sp³-hybridized carbons (Fsp3) is 0.875. The predicted molar refractivity (Wildman–Crippen MR) is 47.6 cm³/mol. The summed E-state index contributed by atoms with van der Waals surface area (Å²) in [5.41, 5.74) is 9.95. The summed E-state index contributed by atoms with van der Waals surface area (Å²) in [5.74, 6) is 0. The Labute approximate surface area is 73.2 Å². The van der Waals surface area contributed by atoms with Crippen LogP contribution in [-0.2, 0) is 4.74 Å². The van der Waals surface area contributed by atoms with Crippen LogP contribution in [0.5, 0.6) is 0 Å². The van der Waals surface area contributed by atoms with Crippen molar-refractivity contribution in [2.75, 3.05) is 0 Å². The average molecular weight is 174 g/mol. The maximum atomic E-state index is 10.4. The number of ether oxygens (including phenoxy) is 1. The second kappa shape index (κ2) is 4.30. The minimum atomic E-state index is -0.732. The third-order valence-corrected chi connectivity index (χ3v) is 1.58. The molecule has 0 saturated carbocycles. The van der Waals surface area contributed by atoms with E-state index in [-0.39, 0.29) is 6.04 Å². The molecule has 1 atom stereocenters. The van der Waals surface area contributed by atoms with Gasteiger partial charge in [-0.05, 0) is 33.6 Å². The molecule has 0 aliphatic heterocycles. The van der Waals surface area contributed by atoms with Crippen molar-refractivity contribution in [2.45, 2.75) is 45.3 Å². The van der Waals surface area contributed by atoms with Gasteiger partial charge in [0.15, 0.2) is 0 Å². The third-order valence-electron chi connectivity index (χ3n) is 1.58. The fourth-order valence-electron chi connectivity index (χ4n) is 0.899. The van der Waals surface area contributed by atoms with Crippen molar-refractivity contribution in [3.63, 3.8) is 0 Å². The Morgan fingerprint density at radius 3 is 2.42 bits per heavy atom. The number of nitrogens with two attached hydrogens (primary N) is 2. The second-order valence-electron chi connectivity index (χ2n) is 3.70. The Hall–Kier alpha value is -0.770. The molecule has 0 heterocycles. The van der Waals surface area contributed by atoms with Gasteiger partial charge in [0.25, 0.3) is 0 Å². The molecule has 0 spiro atoms. The minimum Gasteiger partial charge on any atom is -0.444 e. The van der Waals surface area contributed by atoms with Gasteiger partial charge in [-0.25, -0.2) is 4.79 Å². The molecule has 0 aromatic heterocycles. The summed E-state index contributed by atoms with van der Waals surface area (Å²) in [4.78, 5) is 10.4. The molecular weight excluding hydrogens is 156 g/mol. The molecule has 72 valence electrons. The van der Waals surface area contributed by atoms with Gasteiger partial charge in [-0.1, -0.05) is 0 Å². The maximum absolute atomic E-state index is 10.4. The lowest BCUT2D eigenvalue weighted by Gasteiger charge is -2.24. The van der Waals surface area contributed by atoms with Gasteiger partial charge in [0.2, 0.25) is 0 Å². The number of amides is 1. The number of carbonyl (C=O) groups excluding carboxylic acids is 1. The Kier molecular flexibility index (Phi) is 4.03. The normalized spacial score (nSPS) is 14.0. The minimum absolute atomic E-state index is 0.126. The van der Waals surface area contributed by atoms with Gasteiger partial charge in [-0.2, -0.15) is 0 Å². The molecule has 0 unspecified atom stereocenters. The summed E-state index contributed by atoms with van der Waals surface area (Å²) in [6, 6.07) is 0.126. The van der Waals surface area contributed by atoms with E-state index in [1.165, 1.54) is 0 Å². The van der Waals surface area contributed by atoms with Gasteiger partial charge < -0.3 is 16.2 Å². The van der Waals surface area contributed by atoms with Gasteiger partial charge in [0.1, 0.15) is 5.60 Å². The van der Waals surface area contributed by atoms with E-state index < -0.39 is 11.7 Å². The molecule has 0 rings (SSSR count). The molecule has 0 aromatic rings. The lowest BCUT2D eigenvalue weighted by molar-refractivity contribution is 0.0366. The number of primary amides is 1. The van der Waals surface area contributed by atoms with Gasteiger partial charge in [0, 0.05) is 6.04 Å². The topological polar surface area (TPSA) is 78.3 Å². The van der Waals surface area contributed by atoms with Gasteiger partial charge in [-0.3, -0.25) is 0 Å². The van der Waals surface area contributed by atoms with Gasteiger partial charge >= 0.3 is 6.09 Å². The smallest absolute Gasteiger partial charge is 0.405 e. The highest BCUT2D eigenvalue weighted by atomic mass is 16.6. The van der Waals surface area contributed by atoms with Crippen LogP contribution in [0.2, 0.25) is 0 Å². The zero-order valence-corrected chi connectivity index (χ0v) is 7.96. The summed E-state index contributed by atoms with van der Waals surface area (Å²) in [6.07, 6.45) is 0.818. The van der Waals surface area contributed by atoms with Gasteiger partial charge in [0.05, 0.1) is 0 Å². The van der Waals surface area contributed by atoms with E-state index in [2.05, 4.69) is 0 Å². The Morgan fingerprint density at radius 1 is 1.58 bits per heavy atom. The Balaban J connectivity index is 3.78. The third kappa shape index (κ3) is 5.97. The highest BCUT2D eigenvalue weighted by Gasteiger charge is 2.21. The Bertz CT molecular complexity index is 155. The van der Waals surface area contributed by atoms with E-state index in [4.69, 9.17) is 16.2 Å². The molecule has 12 heavy (non-hydrogen) atoms. The summed E-state index contributed by atoms with van der Waals surface area (Å²) in [7, 11) is 0. The fourth-order valence-corrected chi connectivity index (χ4v) is 0.899. The maximum Gasteiger partial charge on any atom is 0.405 e. The van der Waals surface area contributed by atoms with Crippen LogP contribution in [0.4, 0.5) is 4.79 Å². The van der Waals surface area contributed by atoms with Crippen LogP contribution >= 0.6 is 0 Å². The molecule has 0 saturated heterocycles. The lowest BCUT2D eigenvalue weighted by Crippen LogP contribution is -2.32. The zero-order valence-electron chi connectivity index (χ0n) is 7.96. The van der Waals surface area contributed by atoms with Crippen LogP contribution in [-0.4, -0.2) is 17.7 Å². The molecular formula is C8H18N2O2. The molecule has 0 fully saturated rings.